The molecule has 0 aromatic carbocycles. The molecule has 0 aliphatic heterocycles. The third-order valence-electron chi connectivity index (χ3n) is 1.79. The summed E-state index contributed by atoms with van der Waals surface area (Å²) < 4.78 is 1.99. The molecule has 0 saturated heterocycles. The first kappa shape index (κ1) is 9.82. The van der Waals surface area contributed by atoms with E-state index in [0.717, 1.165) is 19.5 Å². The molecule has 0 bridgehead atoms. The van der Waals surface area contributed by atoms with Gasteiger partial charge in [-0.25, -0.2) is 0 Å². The van der Waals surface area contributed by atoms with Crippen molar-refractivity contribution in [3.63, 3.8) is 0 Å². The van der Waals surface area contributed by atoms with Crippen molar-refractivity contribution in [2.45, 2.75) is 26.4 Å². The fourth-order valence-electron chi connectivity index (χ4n) is 1.18. The summed E-state index contributed by atoms with van der Waals surface area (Å²) >= 11 is 0. The van der Waals surface area contributed by atoms with Crippen molar-refractivity contribution in [2.75, 3.05) is 7.05 Å². The van der Waals surface area contributed by atoms with E-state index in [4.69, 9.17) is 0 Å². The van der Waals surface area contributed by atoms with Crippen LogP contribution in [0.25, 0.3) is 0 Å². The van der Waals surface area contributed by atoms with Crippen molar-refractivity contribution >= 4 is 0 Å². The lowest BCUT2D eigenvalue weighted by atomic mass is 10.4. The first-order valence-electron chi connectivity index (χ1n) is 4.43. The standard InChI is InChI=1S/C10H15N3/c1-3-4-5-8-13-10(9-11-2)6-7-12-13/h6-7,11H,5,8-9H2,1-2H3. The monoisotopic (exact) mass is 177 g/mol. The van der Waals surface area contributed by atoms with Gasteiger partial charge in [-0.2, -0.15) is 5.10 Å². The van der Waals surface area contributed by atoms with Gasteiger partial charge >= 0.3 is 0 Å². The van der Waals surface area contributed by atoms with Gasteiger partial charge in [0.2, 0.25) is 0 Å². The van der Waals surface area contributed by atoms with Gasteiger partial charge in [-0.15, -0.1) is 11.8 Å². The third kappa shape index (κ3) is 2.92. The summed E-state index contributed by atoms with van der Waals surface area (Å²) in [6, 6.07) is 2.02. The first-order chi connectivity index (χ1) is 6.38. The van der Waals surface area contributed by atoms with Gasteiger partial charge < -0.3 is 5.32 Å². The molecule has 0 fully saturated rings. The summed E-state index contributed by atoms with van der Waals surface area (Å²) in [5.41, 5.74) is 1.21. The molecule has 3 nitrogen and oxygen atoms in total. The van der Waals surface area contributed by atoms with Crippen molar-refractivity contribution in [1.29, 1.82) is 0 Å². The predicted octanol–water partition coefficient (Wildman–Crippen LogP) is 1.02. The lowest BCUT2D eigenvalue weighted by molar-refractivity contribution is 0.582. The summed E-state index contributed by atoms with van der Waals surface area (Å²) in [7, 11) is 1.93. The van der Waals surface area contributed by atoms with Crippen LogP contribution < -0.4 is 5.32 Å². The average molecular weight is 177 g/mol. The average Bonchev–Trinajstić information content (AvgIpc) is 2.54. The van der Waals surface area contributed by atoms with E-state index < -0.39 is 0 Å². The van der Waals surface area contributed by atoms with Crippen molar-refractivity contribution < 1.29 is 0 Å². The Morgan fingerprint density at radius 3 is 3.15 bits per heavy atom. The molecule has 0 spiro atoms. The smallest absolute Gasteiger partial charge is 0.0522 e. The summed E-state index contributed by atoms with van der Waals surface area (Å²) in [4.78, 5) is 0. The Labute approximate surface area is 79.1 Å². The summed E-state index contributed by atoms with van der Waals surface area (Å²) in [6.45, 7) is 3.60. The molecule has 0 atom stereocenters. The molecule has 0 aliphatic rings. The Morgan fingerprint density at radius 1 is 1.62 bits per heavy atom. The van der Waals surface area contributed by atoms with Crippen LogP contribution in [-0.2, 0) is 13.1 Å². The molecule has 1 aromatic heterocycles. The minimum atomic E-state index is 0.861. The molecule has 0 radical (unpaired) electrons. The minimum absolute atomic E-state index is 0.861. The molecule has 1 rings (SSSR count). The predicted molar refractivity (Wildman–Crippen MR) is 53.1 cm³/mol. The lowest BCUT2D eigenvalue weighted by Gasteiger charge is -2.03. The molecule has 70 valence electrons. The number of aromatic nitrogens is 2. The Hall–Kier alpha value is -1.27. The van der Waals surface area contributed by atoms with Gasteiger partial charge in [0.15, 0.2) is 0 Å². The molecule has 1 aromatic rings. The number of nitrogens with zero attached hydrogens (tertiary/aromatic N) is 2. The minimum Gasteiger partial charge on any atom is -0.314 e. The molecular weight excluding hydrogens is 162 g/mol. The van der Waals surface area contributed by atoms with E-state index in [1.165, 1.54) is 5.69 Å². The van der Waals surface area contributed by atoms with Crippen LogP contribution in [0.15, 0.2) is 12.3 Å². The zero-order valence-corrected chi connectivity index (χ0v) is 8.17. The third-order valence-corrected chi connectivity index (χ3v) is 1.79. The zero-order valence-electron chi connectivity index (χ0n) is 8.17. The highest BCUT2D eigenvalue weighted by atomic mass is 15.3. The Morgan fingerprint density at radius 2 is 2.46 bits per heavy atom. The topological polar surface area (TPSA) is 29.9 Å². The van der Waals surface area contributed by atoms with E-state index in [1.807, 2.05) is 30.9 Å². The highest BCUT2D eigenvalue weighted by Crippen LogP contribution is 1.98. The van der Waals surface area contributed by atoms with E-state index >= 15 is 0 Å². The number of aryl methyl sites for hydroxylation is 1. The van der Waals surface area contributed by atoms with Crippen molar-refractivity contribution in [2.24, 2.45) is 0 Å². The summed E-state index contributed by atoms with van der Waals surface area (Å²) in [6.07, 6.45) is 2.70. The number of hydrogen-bond donors (Lipinski definition) is 1. The van der Waals surface area contributed by atoms with Gasteiger partial charge in [0.25, 0.3) is 0 Å². The van der Waals surface area contributed by atoms with Crippen LogP contribution in [0.4, 0.5) is 0 Å². The van der Waals surface area contributed by atoms with Crippen LogP contribution in [0.2, 0.25) is 0 Å². The van der Waals surface area contributed by atoms with Gasteiger partial charge in [-0.05, 0) is 20.0 Å². The fourth-order valence-corrected chi connectivity index (χ4v) is 1.18. The highest BCUT2D eigenvalue weighted by molar-refractivity contribution is 5.01. The van der Waals surface area contributed by atoms with E-state index in [9.17, 15) is 0 Å². The molecule has 0 saturated carbocycles. The number of nitrogens with one attached hydrogen (secondary N) is 1. The second-order valence-corrected chi connectivity index (χ2v) is 2.75. The molecule has 3 heteroatoms. The van der Waals surface area contributed by atoms with Crippen LogP contribution in [0.5, 0.6) is 0 Å². The molecule has 0 aliphatic carbocycles. The van der Waals surface area contributed by atoms with Crippen LogP contribution in [0, 0.1) is 11.8 Å². The Balaban J connectivity index is 2.52. The van der Waals surface area contributed by atoms with Gasteiger partial charge in [0, 0.05) is 19.2 Å². The van der Waals surface area contributed by atoms with Crippen LogP contribution >= 0.6 is 0 Å². The summed E-state index contributed by atoms with van der Waals surface area (Å²) in [5.74, 6) is 5.90. The molecule has 13 heavy (non-hydrogen) atoms. The van der Waals surface area contributed by atoms with Crippen molar-refractivity contribution in [3.05, 3.63) is 18.0 Å². The van der Waals surface area contributed by atoms with Gasteiger partial charge in [0.1, 0.15) is 0 Å². The number of rotatable bonds is 4. The lowest BCUT2D eigenvalue weighted by Crippen LogP contribution is -2.12. The molecular formula is C10H15N3. The molecule has 1 heterocycles. The SMILES string of the molecule is CC#CCCn1nccc1CNC. The van der Waals surface area contributed by atoms with Gasteiger partial charge in [-0.3, -0.25) is 4.68 Å². The Bertz CT molecular complexity index is 303. The second kappa shape index (κ2) is 5.39. The van der Waals surface area contributed by atoms with E-state index in [0.29, 0.717) is 0 Å². The van der Waals surface area contributed by atoms with Gasteiger partial charge in [0.05, 0.1) is 12.2 Å². The van der Waals surface area contributed by atoms with Crippen molar-refractivity contribution in [3.8, 4) is 11.8 Å². The fraction of sp³-hybridized carbons (Fsp3) is 0.500. The molecule has 1 N–H and O–H groups in total. The van der Waals surface area contributed by atoms with Crippen LogP contribution in [0.1, 0.15) is 19.0 Å². The number of hydrogen-bond acceptors (Lipinski definition) is 2. The summed E-state index contributed by atoms with van der Waals surface area (Å²) in [5, 5.41) is 7.32. The zero-order chi connectivity index (χ0) is 9.52. The van der Waals surface area contributed by atoms with Gasteiger partial charge in [-0.1, -0.05) is 0 Å². The normalized spacial score (nSPS) is 9.38. The largest absolute Gasteiger partial charge is 0.314 e. The maximum absolute atomic E-state index is 4.22. The van der Waals surface area contributed by atoms with E-state index in [-0.39, 0.29) is 0 Å². The van der Waals surface area contributed by atoms with E-state index in [1.54, 1.807) is 0 Å². The molecule has 0 amide bonds. The maximum atomic E-state index is 4.22. The van der Waals surface area contributed by atoms with Crippen LogP contribution in [-0.4, -0.2) is 16.8 Å². The van der Waals surface area contributed by atoms with E-state index in [2.05, 4.69) is 22.3 Å². The quantitative estimate of drug-likeness (QED) is 0.696. The van der Waals surface area contributed by atoms with Crippen LogP contribution in [0.3, 0.4) is 0 Å². The van der Waals surface area contributed by atoms with Crippen molar-refractivity contribution in [1.82, 2.24) is 15.1 Å². The highest BCUT2D eigenvalue weighted by Gasteiger charge is 1.98. The second-order valence-electron chi connectivity index (χ2n) is 2.75. The first-order valence-corrected chi connectivity index (χ1v) is 4.43. The maximum Gasteiger partial charge on any atom is 0.0522 e. The molecule has 0 unspecified atom stereocenters. The Kier molecular flexibility index (Phi) is 4.07.